The first-order valence-electron chi connectivity index (χ1n) is 4.77. The van der Waals surface area contributed by atoms with Gasteiger partial charge in [0.05, 0.1) is 0 Å². The standard InChI is InChI=1S/C11H16ClNO/c1-9-3-4-11(13-8-9)7-10(12)5-6-14-2/h3-4,8,10H,5-7H2,1-2H3. The van der Waals surface area contributed by atoms with Crippen molar-refractivity contribution in [3.63, 3.8) is 0 Å². The van der Waals surface area contributed by atoms with Gasteiger partial charge in [-0.2, -0.15) is 0 Å². The molecule has 1 unspecified atom stereocenters. The second kappa shape index (κ2) is 5.99. The summed E-state index contributed by atoms with van der Waals surface area (Å²) in [7, 11) is 1.69. The molecular formula is C11H16ClNO. The second-order valence-corrected chi connectivity index (χ2v) is 4.03. The maximum Gasteiger partial charge on any atom is 0.0476 e. The van der Waals surface area contributed by atoms with Crippen molar-refractivity contribution in [1.29, 1.82) is 0 Å². The zero-order valence-electron chi connectivity index (χ0n) is 8.66. The summed E-state index contributed by atoms with van der Waals surface area (Å²) in [5.74, 6) is 0. The third-order valence-electron chi connectivity index (χ3n) is 2.04. The van der Waals surface area contributed by atoms with Gasteiger partial charge in [0, 0.05) is 37.4 Å². The van der Waals surface area contributed by atoms with Gasteiger partial charge in [0.2, 0.25) is 0 Å². The first kappa shape index (κ1) is 11.5. The van der Waals surface area contributed by atoms with E-state index in [4.69, 9.17) is 16.3 Å². The van der Waals surface area contributed by atoms with Crippen LogP contribution in [0, 0.1) is 6.92 Å². The van der Waals surface area contributed by atoms with Crippen LogP contribution < -0.4 is 0 Å². The SMILES string of the molecule is COCCC(Cl)Cc1ccc(C)cn1. The lowest BCUT2D eigenvalue weighted by molar-refractivity contribution is 0.193. The van der Waals surface area contributed by atoms with Crippen LogP contribution >= 0.6 is 11.6 Å². The van der Waals surface area contributed by atoms with Crippen molar-refractivity contribution in [2.45, 2.75) is 25.1 Å². The number of nitrogens with zero attached hydrogens (tertiary/aromatic N) is 1. The highest BCUT2D eigenvalue weighted by Gasteiger charge is 2.06. The molecule has 0 aromatic carbocycles. The number of methoxy groups -OCH3 is 1. The van der Waals surface area contributed by atoms with Crippen LogP contribution in [0.3, 0.4) is 0 Å². The van der Waals surface area contributed by atoms with Gasteiger partial charge in [-0.25, -0.2) is 0 Å². The number of aromatic nitrogens is 1. The first-order valence-corrected chi connectivity index (χ1v) is 5.20. The number of pyridine rings is 1. The normalized spacial score (nSPS) is 12.8. The molecule has 14 heavy (non-hydrogen) atoms. The number of hydrogen-bond acceptors (Lipinski definition) is 2. The predicted octanol–water partition coefficient (Wildman–Crippen LogP) is 2.58. The van der Waals surface area contributed by atoms with Crippen LogP contribution in [0.5, 0.6) is 0 Å². The van der Waals surface area contributed by atoms with E-state index in [0.29, 0.717) is 6.61 Å². The summed E-state index contributed by atoms with van der Waals surface area (Å²) in [5.41, 5.74) is 2.23. The van der Waals surface area contributed by atoms with Crippen LogP contribution in [-0.4, -0.2) is 24.1 Å². The fraction of sp³-hybridized carbons (Fsp3) is 0.545. The summed E-state index contributed by atoms with van der Waals surface area (Å²) in [5, 5.41) is 0.116. The molecule has 0 aliphatic carbocycles. The number of ether oxygens (including phenoxy) is 1. The zero-order valence-corrected chi connectivity index (χ0v) is 9.42. The molecule has 0 saturated carbocycles. The van der Waals surface area contributed by atoms with Gasteiger partial charge < -0.3 is 4.74 Å². The maximum atomic E-state index is 6.11. The number of rotatable bonds is 5. The smallest absolute Gasteiger partial charge is 0.0476 e. The molecule has 0 aliphatic rings. The Morgan fingerprint density at radius 3 is 2.86 bits per heavy atom. The Bertz CT molecular complexity index is 260. The van der Waals surface area contributed by atoms with E-state index in [0.717, 1.165) is 18.5 Å². The Morgan fingerprint density at radius 2 is 2.29 bits per heavy atom. The molecule has 1 atom stereocenters. The molecule has 0 amide bonds. The lowest BCUT2D eigenvalue weighted by atomic mass is 10.1. The van der Waals surface area contributed by atoms with Crippen LogP contribution in [-0.2, 0) is 11.2 Å². The van der Waals surface area contributed by atoms with Crippen molar-refractivity contribution >= 4 is 11.6 Å². The van der Waals surface area contributed by atoms with E-state index in [2.05, 4.69) is 11.1 Å². The van der Waals surface area contributed by atoms with Crippen molar-refractivity contribution < 1.29 is 4.74 Å². The van der Waals surface area contributed by atoms with E-state index in [-0.39, 0.29) is 5.38 Å². The average Bonchev–Trinajstić information content (AvgIpc) is 2.18. The number of aryl methyl sites for hydroxylation is 1. The molecule has 0 bridgehead atoms. The van der Waals surface area contributed by atoms with E-state index in [1.165, 1.54) is 5.56 Å². The highest BCUT2D eigenvalue weighted by molar-refractivity contribution is 6.20. The minimum Gasteiger partial charge on any atom is -0.385 e. The van der Waals surface area contributed by atoms with Crippen molar-refractivity contribution in [2.24, 2.45) is 0 Å². The summed E-state index contributed by atoms with van der Waals surface area (Å²) in [6.45, 7) is 2.74. The molecule has 1 aromatic heterocycles. The molecule has 0 aliphatic heterocycles. The van der Waals surface area contributed by atoms with Gasteiger partial charge in [-0.3, -0.25) is 4.98 Å². The lowest BCUT2D eigenvalue weighted by Crippen LogP contribution is -2.08. The summed E-state index contributed by atoms with van der Waals surface area (Å²) in [6, 6.07) is 4.08. The summed E-state index contributed by atoms with van der Waals surface area (Å²) < 4.78 is 4.96. The molecule has 0 fully saturated rings. The minimum atomic E-state index is 0.116. The Hall–Kier alpha value is -0.600. The van der Waals surface area contributed by atoms with Gasteiger partial charge in [-0.1, -0.05) is 6.07 Å². The monoisotopic (exact) mass is 213 g/mol. The largest absolute Gasteiger partial charge is 0.385 e. The molecule has 78 valence electrons. The second-order valence-electron chi connectivity index (χ2n) is 3.41. The van der Waals surface area contributed by atoms with Crippen molar-refractivity contribution in [3.8, 4) is 0 Å². The third-order valence-corrected chi connectivity index (χ3v) is 2.41. The van der Waals surface area contributed by atoms with Gasteiger partial charge >= 0.3 is 0 Å². The predicted molar refractivity (Wildman–Crippen MR) is 58.8 cm³/mol. The number of halogens is 1. The van der Waals surface area contributed by atoms with Crippen molar-refractivity contribution in [3.05, 3.63) is 29.6 Å². The molecule has 0 N–H and O–H groups in total. The maximum absolute atomic E-state index is 6.11. The van der Waals surface area contributed by atoms with Crippen LogP contribution in [0.4, 0.5) is 0 Å². The molecule has 0 radical (unpaired) electrons. The summed E-state index contributed by atoms with van der Waals surface area (Å²) >= 11 is 6.11. The molecule has 1 rings (SSSR count). The van der Waals surface area contributed by atoms with Gasteiger partial charge in [0.1, 0.15) is 0 Å². The highest BCUT2D eigenvalue weighted by atomic mass is 35.5. The van der Waals surface area contributed by atoms with Crippen LogP contribution in [0.1, 0.15) is 17.7 Å². The average molecular weight is 214 g/mol. The molecule has 0 saturated heterocycles. The quantitative estimate of drug-likeness (QED) is 0.702. The topological polar surface area (TPSA) is 22.1 Å². The van der Waals surface area contributed by atoms with E-state index in [1.807, 2.05) is 19.2 Å². The molecule has 2 nitrogen and oxygen atoms in total. The highest BCUT2D eigenvalue weighted by Crippen LogP contribution is 2.10. The van der Waals surface area contributed by atoms with Gasteiger partial charge in [0.25, 0.3) is 0 Å². The van der Waals surface area contributed by atoms with Gasteiger partial charge in [-0.05, 0) is 25.0 Å². The van der Waals surface area contributed by atoms with Crippen LogP contribution in [0.2, 0.25) is 0 Å². The van der Waals surface area contributed by atoms with Crippen molar-refractivity contribution in [2.75, 3.05) is 13.7 Å². The molecule has 1 aromatic rings. The van der Waals surface area contributed by atoms with Gasteiger partial charge in [-0.15, -0.1) is 11.6 Å². The lowest BCUT2D eigenvalue weighted by Gasteiger charge is -2.07. The molecule has 1 heterocycles. The van der Waals surface area contributed by atoms with Crippen LogP contribution in [0.15, 0.2) is 18.3 Å². The number of hydrogen-bond donors (Lipinski definition) is 0. The van der Waals surface area contributed by atoms with E-state index >= 15 is 0 Å². The van der Waals surface area contributed by atoms with E-state index in [9.17, 15) is 0 Å². The minimum absolute atomic E-state index is 0.116. The van der Waals surface area contributed by atoms with Gasteiger partial charge in [0.15, 0.2) is 0 Å². The first-order chi connectivity index (χ1) is 6.72. The Labute approximate surface area is 90.3 Å². The third kappa shape index (κ3) is 4.07. The fourth-order valence-corrected chi connectivity index (χ4v) is 1.44. The summed E-state index contributed by atoms with van der Waals surface area (Å²) in [6.07, 6.45) is 3.55. The summed E-state index contributed by atoms with van der Waals surface area (Å²) in [4.78, 5) is 4.30. The Balaban J connectivity index is 2.39. The number of alkyl halides is 1. The van der Waals surface area contributed by atoms with E-state index < -0.39 is 0 Å². The fourth-order valence-electron chi connectivity index (χ4n) is 1.19. The molecular weight excluding hydrogens is 198 g/mol. The van der Waals surface area contributed by atoms with E-state index in [1.54, 1.807) is 7.11 Å². The Kier molecular flexibility index (Phi) is 4.91. The molecule has 0 spiro atoms. The zero-order chi connectivity index (χ0) is 10.4. The Morgan fingerprint density at radius 1 is 1.50 bits per heavy atom. The molecule has 3 heteroatoms. The van der Waals surface area contributed by atoms with Crippen LogP contribution in [0.25, 0.3) is 0 Å². The van der Waals surface area contributed by atoms with Crippen molar-refractivity contribution in [1.82, 2.24) is 4.98 Å².